The van der Waals surface area contributed by atoms with Crippen LogP contribution in [0.4, 0.5) is 4.39 Å². The summed E-state index contributed by atoms with van der Waals surface area (Å²) in [4.78, 5) is 7.36. The second kappa shape index (κ2) is 6.92. The van der Waals surface area contributed by atoms with Crippen molar-refractivity contribution in [3.05, 3.63) is 47.9 Å². The summed E-state index contributed by atoms with van der Waals surface area (Å²) in [6.07, 6.45) is 5.75. The largest absolute Gasteiger partial charge is 0.494 e. The predicted octanol–water partition coefficient (Wildman–Crippen LogP) is 3.66. The van der Waals surface area contributed by atoms with Crippen LogP contribution in [0.25, 0.3) is 16.2 Å². The molecule has 0 bridgehead atoms. The lowest BCUT2D eigenvalue weighted by Crippen LogP contribution is -2.03. The first-order chi connectivity index (χ1) is 11.6. The molecule has 0 aliphatic heterocycles. The van der Waals surface area contributed by atoms with Crippen molar-refractivity contribution in [3.63, 3.8) is 0 Å². The quantitative estimate of drug-likeness (QED) is 0.682. The molecule has 3 aromatic rings. The number of imidazole rings is 1. The van der Waals surface area contributed by atoms with Crippen molar-refractivity contribution < 1.29 is 13.9 Å². The van der Waals surface area contributed by atoms with Crippen molar-refractivity contribution in [2.75, 3.05) is 27.8 Å². The maximum atomic E-state index is 13.7. The number of hydrogen-bond donors (Lipinski definition) is 0. The van der Waals surface area contributed by atoms with Crippen LogP contribution >= 0.6 is 11.3 Å². The molecule has 7 heteroatoms. The van der Waals surface area contributed by atoms with Gasteiger partial charge in [0.1, 0.15) is 12.3 Å². The van der Waals surface area contributed by atoms with Crippen LogP contribution < -0.4 is 9.47 Å². The zero-order chi connectivity index (χ0) is 17.1. The molecule has 0 spiro atoms. The SMILES string of the molecule is COc1cc(-c2nc3sccn3c2OCC=CN(C)C)ccc1F. The van der Waals surface area contributed by atoms with Gasteiger partial charge in [0.2, 0.25) is 5.88 Å². The molecule has 1 aromatic carbocycles. The Bertz CT molecular complexity index is 870. The lowest BCUT2D eigenvalue weighted by molar-refractivity contribution is 0.344. The van der Waals surface area contributed by atoms with Gasteiger partial charge >= 0.3 is 0 Å². The highest BCUT2D eigenvalue weighted by molar-refractivity contribution is 7.15. The van der Waals surface area contributed by atoms with Gasteiger partial charge in [-0.2, -0.15) is 0 Å². The highest BCUT2D eigenvalue weighted by Gasteiger charge is 2.17. The number of benzene rings is 1. The van der Waals surface area contributed by atoms with E-state index in [0.717, 1.165) is 10.5 Å². The van der Waals surface area contributed by atoms with Crippen molar-refractivity contribution in [3.8, 4) is 22.9 Å². The fourth-order valence-corrected chi connectivity index (χ4v) is 2.98. The number of fused-ring (bicyclic) bond motifs is 1. The fraction of sp³-hybridized carbons (Fsp3) is 0.235. The molecule has 0 aliphatic rings. The Morgan fingerprint density at radius 2 is 2.21 bits per heavy atom. The third kappa shape index (κ3) is 3.21. The average molecular weight is 347 g/mol. The van der Waals surface area contributed by atoms with Gasteiger partial charge in [-0.15, -0.1) is 11.3 Å². The Balaban J connectivity index is 1.98. The fourth-order valence-electron chi connectivity index (χ4n) is 2.28. The number of methoxy groups -OCH3 is 1. The summed E-state index contributed by atoms with van der Waals surface area (Å²) in [7, 11) is 5.34. The maximum absolute atomic E-state index is 13.7. The lowest BCUT2D eigenvalue weighted by atomic mass is 10.1. The van der Waals surface area contributed by atoms with Gasteiger partial charge in [-0.1, -0.05) is 0 Å². The second-order valence-electron chi connectivity index (χ2n) is 5.33. The van der Waals surface area contributed by atoms with Gasteiger partial charge in [0.05, 0.1) is 7.11 Å². The Kier molecular flexibility index (Phi) is 4.71. The minimum Gasteiger partial charge on any atom is -0.494 e. The molecule has 0 amide bonds. The van der Waals surface area contributed by atoms with Crippen molar-refractivity contribution in [1.82, 2.24) is 14.3 Å². The first kappa shape index (κ1) is 16.3. The van der Waals surface area contributed by atoms with Crippen LogP contribution in [0, 0.1) is 5.82 Å². The molecule has 3 rings (SSSR count). The number of aromatic nitrogens is 2. The first-order valence-corrected chi connectivity index (χ1v) is 8.23. The Labute approximate surface area is 143 Å². The minimum absolute atomic E-state index is 0.183. The normalized spacial score (nSPS) is 11.3. The van der Waals surface area contributed by atoms with Gasteiger partial charge in [0.25, 0.3) is 0 Å². The molecule has 0 aliphatic carbocycles. The van der Waals surface area contributed by atoms with Crippen LogP contribution in [0.1, 0.15) is 0 Å². The van der Waals surface area contributed by atoms with E-state index in [-0.39, 0.29) is 5.75 Å². The highest BCUT2D eigenvalue weighted by Crippen LogP contribution is 2.34. The summed E-state index contributed by atoms with van der Waals surface area (Å²) in [6.45, 7) is 0.410. The van der Waals surface area contributed by atoms with Gasteiger partial charge in [-0.25, -0.2) is 9.37 Å². The molecule has 0 saturated heterocycles. The monoisotopic (exact) mass is 347 g/mol. The van der Waals surface area contributed by atoms with Crippen molar-refractivity contribution in [2.45, 2.75) is 0 Å². The minimum atomic E-state index is -0.404. The molecule has 24 heavy (non-hydrogen) atoms. The van der Waals surface area contributed by atoms with Crippen molar-refractivity contribution >= 4 is 16.3 Å². The molecule has 126 valence electrons. The van der Waals surface area contributed by atoms with Crippen LogP contribution in [0.3, 0.4) is 0 Å². The molecular weight excluding hydrogens is 329 g/mol. The summed E-state index contributed by atoms with van der Waals surface area (Å²) < 4.78 is 26.5. The highest BCUT2D eigenvalue weighted by atomic mass is 32.1. The molecule has 0 unspecified atom stereocenters. The molecule has 0 N–H and O–H groups in total. The molecule has 5 nitrogen and oxygen atoms in total. The molecule has 0 atom stereocenters. The van der Waals surface area contributed by atoms with Gasteiger partial charge < -0.3 is 14.4 Å². The second-order valence-corrected chi connectivity index (χ2v) is 6.20. The molecule has 0 saturated carbocycles. The zero-order valence-electron chi connectivity index (χ0n) is 13.7. The van der Waals surface area contributed by atoms with E-state index in [0.29, 0.717) is 18.2 Å². The number of halogens is 1. The van der Waals surface area contributed by atoms with Gasteiger partial charge in [-0.3, -0.25) is 4.40 Å². The van der Waals surface area contributed by atoms with E-state index in [2.05, 4.69) is 4.98 Å². The van der Waals surface area contributed by atoms with E-state index in [1.165, 1.54) is 24.5 Å². The predicted molar refractivity (Wildman–Crippen MR) is 93.3 cm³/mol. The molecule has 2 aromatic heterocycles. The molecule has 0 fully saturated rings. The van der Waals surface area contributed by atoms with E-state index in [1.54, 1.807) is 12.1 Å². The van der Waals surface area contributed by atoms with Crippen LogP contribution in [-0.4, -0.2) is 42.1 Å². The maximum Gasteiger partial charge on any atom is 0.227 e. The number of rotatable bonds is 6. The van der Waals surface area contributed by atoms with Crippen LogP contribution in [0.5, 0.6) is 11.6 Å². The summed E-state index contributed by atoms with van der Waals surface area (Å²) >= 11 is 1.51. The van der Waals surface area contributed by atoms with Gasteiger partial charge in [-0.05, 0) is 30.5 Å². The van der Waals surface area contributed by atoms with Crippen molar-refractivity contribution in [2.24, 2.45) is 0 Å². The lowest BCUT2D eigenvalue weighted by Gasteiger charge is -2.08. The number of thiazole rings is 1. The van der Waals surface area contributed by atoms with Gasteiger partial charge in [0.15, 0.2) is 16.5 Å². The summed E-state index contributed by atoms with van der Waals surface area (Å²) in [5.74, 6) is 0.407. The number of ether oxygens (including phenoxy) is 2. The standard InChI is InChI=1S/C17H18FN3O2S/c1-20(2)7-4-9-23-16-15(19-17-21(16)8-10-24-17)12-5-6-13(18)14(11-12)22-3/h4-8,10-11H,9H2,1-3H3. The third-order valence-corrected chi connectivity index (χ3v) is 4.12. The van der Waals surface area contributed by atoms with E-state index >= 15 is 0 Å². The number of nitrogens with zero attached hydrogens (tertiary/aromatic N) is 3. The van der Waals surface area contributed by atoms with E-state index in [9.17, 15) is 4.39 Å². The Morgan fingerprint density at radius 3 is 2.96 bits per heavy atom. The smallest absolute Gasteiger partial charge is 0.227 e. The molecule has 0 radical (unpaired) electrons. The van der Waals surface area contributed by atoms with E-state index in [4.69, 9.17) is 9.47 Å². The van der Waals surface area contributed by atoms with E-state index < -0.39 is 5.82 Å². The first-order valence-electron chi connectivity index (χ1n) is 7.35. The van der Waals surface area contributed by atoms with Crippen LogP contribution in [0.15, 0.2) is 42.1 Å². The summed E-state index contributed by atoms with van der Waals surface area (Å²) in [5, 5.41) is 1.94. The third-order valence-electron chi connectivity index (χ3n) is 3.36. The summed E-state index contributed by atoms with van der Waals surface area (Å²) in [6, 6.07) is 4.68. The summed E-state index contributed by atoms with van der Waals surface area (Å²) in [5.41, 5.74) is 1.41. The Hall–Kier alpha value is -2.54. The van der Waals surface area contributed by atoms with E-state index in [1.807, 2.05) is 47.2 Å². The van der Waals surface area contributed by atoms with Crippen molar-refractivity contribution in [1.29, 1.82) is 0 Å². The average Bonchev–Trinajstić information content (AvgIpc) is 3.13. The van der Waals surface area contributed by atoms with Gasteiger partial charge in [0, 0.05) is 31.2 Å². The van der Waals surface area contributed by atoms with Crippen LogP contribution in [0.2, 0.25) is 0 Å². The topological polar surface area (TPSA) is 39.0 Å². The number of hydrogen-bond acceptors (Lipinski definition) is 5. The Morgan fingerprint density at radius 1 is 1.38 bits per heavy atom. The molecule has 2 heterocycles. The van der Waals surface area contributed by atoms with Crippen LogP contribution in [-0.2, 0) is 0 Å². The molecular formula is C17H18FN3O2S. The zero-order valence-corrected chi connectivity index (χ0v) is 14.5.